The maximum Gasteiger partial charge on any atom is 0.410 e. The van der Waals surface area contributed by atoms with E-state index < -0.39 is 0 Å². The monoisotopic (exact) mass is 479 g/mol. The summed E-state index contributed by atoms with van der Waals surface area (Å²) in [5.41, 5.74) is 2.24. The molecule has 176 valence electrons. The predicted octanol–water partition coefficient (Wildman–Crippen LogP) is 4.13. The first-order valence-electron chi connectivity index (χ1n) is 11.7. The van der Waals surface area contributed by atoms with E-state index in [0.717, 1.165) is 54.6 Å². The first-order valence-corrected chi connectivity index (χ1v) is 12.0. The van der Waals surface area contributed by atoms with Gasteiger partial charge in [-0.3, -0.25) is 9.47 Å². The topological polar surface area (TPSA) is 89.3 Å². The molecule has 1 aliphatic carbocycles. The molecule has 9 nitrogen and oxygen atoms in total. The Morgan fingerprint density at radius 2 is 2.00 bits per heavy atom. The van der Waals surface area contributed by atoms with Crippen LogP contribution >= 0.6 is 11.6 Å². The number of benzene rings is 1. The van der Waals surface area contributed by atoms with Crippen molar-refractivity contribution in [3.8, 4) is 5.69 Å². The standard InChI is InChI=1S/C24H26ClN7O2/c1-3-34-23(33)31-11-16-8-18(25)4-5-19(16)32-21(15(31)2)28-29-22(32)17-9-24(10-17)12-30(13-24)20-6-7-26-14-27-20/h4-8,14-15,17H,3,9-13H2,1-2H3. The molecule has 3 aromatic rings. The summed E-state index contributed by atoms with van der Waals surface area (Å²) in [5, 5.41) is 9.85. The summed E-state index contributed by atoms with van der Waals surface area (Å²) in [7, 11) is 0. The molecule has 1 unspecified atom stereocenters. The molecule has 1 amide bonds. The minimum atomic E-state index is -0.360. The number of ether oxygens (including phenoxy) is 1. The lowest BCUT2D eigenvalue weighted by molar-refractivity contribution is 0.0581. The van der Waals surface area contributed by atoms with Gasteiger partial charge in [0.05, 0.1) is 24.9 Å². The molecule has 0 bridgehead atoms. The Morgan fingerprint density at radius 1 is 1.21 bits per heavy atom. The molecular formula is C24H26ClN7O2. The maximum absolute atomic E-state index is 12.8. The van der Waals surface area contributed by atoms with Crippen LogP contribution in [0.15, 0.2) is 36.8 Å². The van der Waals surface area contributed by atoms with Gasteiger partial charge in [-0.2, -0.15) is 0 Å². The molecule has 4 heterocycles. The van der Waals surface area contributed by atoms with Gasteiger partial charge in [-0.15, -0.1) is 10.2 Å². The van der Waals surface area contributed by atoms with E-state index in [2.05, 4.69) is 29.6 Å². The van der Waals surface area contributed by atoms with Gasteiger partial charge in [0.25, 0.3) is 0 Å². The molecule has 0 radical (unpaired) electrons. The Labute approximate surface area is 202 Å². The van der Waals surface area contributed by atoms with Crippen LogP contribution in [0.2, 0.25) is 5.02 Å². The molecular weight excluding hydrogens is 454 g/mol. The van der Waals surface area contributed by atoms with Gasteiger partial charge in [0.1, 0.15) is 18.0 Å². The van der Waals surface area contributed by atoms with Crippen LogP contribution in [0.1, 0.15) is 55.9 Å². The quantitative estimate of drug-likeness (QED) is 0.558. The minimum absolute atomic E-state index is 0.280. The fourth-order valence-electron chi connectivity index (χ4n) is 5.70. The maximum atomic E-state index is 12.8. The molecule has 1 saturated carbocycles. The number of fused-ring (bicyclic) bond motifs is 3. The van der Waals surface area contributed by atoms with Gasteiger partial charge in [-0.1, -0.05) is 11.6 Å². The van der Waals surface area contributed by atoms with Crippen molar-refractivity contribution in [2.45, 2.75) is 45.2 Å². The predicted molar refractivity (Wildman–Crippen MR) is 126 cm³/mol. The van der Waals surface area contributed by atoms with Crippen LogP contribution in [0.4, 0.5) is 10.6 Å². The lowest BCUT2D eigenvalue weighted by Crippen LogP contribution is -2.62. The van der Waals surface area contributed by atoms with Crippen LogP contribution in [-0.2, 0) is 11.3 Å². The van der Waals surface area contributed by atoms with Gasteiger partial charge in [-0.05, 0) is 56.5 Å². The third-order valence-corrected chi connectivity index (χ3v) is 7.58. The molecule has 2 aromatic heterocycles. The second-order valence-electron chi connectivity index (χ2n) is 9.56. The molecule has 1 saturated heterocycles. The molecule has 3 aliphatic rings. The highest BCUT2D eigenvalue weighted by atomic mass is 35.5. The average Bonchev–Trinajstić information content (AvgIpc) is 3.16. The number of anilines is 1. The number of carbonyl (C=O) groups excluding carboxylic acids is 1. The van der Waals surface area contributed by atoms with E-state index >= 15 is 0 Å². The average molecular weight is 480 g/mol. The zero-order valence-electron chi connectivity index (χ0n) is 19.2. The number of halogens is 1. The van der Waals surface area contributed by atoms with E-state index in [-0.39, 0.29) is 12.1 Å². The van der Waals surface area contributed by atoms with E-state index in [0.29, 0.717) is 29.5 Å². The first-order chi connectivity index (χ1) is 16.5. The van der Waals surface area contributed by atoms with Crippen molar-refractivity contribution in [3.63, 3.8) is 0 Å². The number of carbonyl (C=O) groups is 1. The summed E-state index contributed by atoms with van der Waals surface area (Å²) in [4.78, 5) is 25.1. The molecule has 2 aliphatic heterocycles. The fraction of sp³-hybridized carbons (Fsp3) is 0.458. The van der Waals surface area contributed by atoms with Crippen molar-refractivity contribution in [1.82, 2.24) is 29.6 Å². The van der Waals surface area contributed by atoms with E-state index in [4.69, 9.17) is 16.3 Å². The molecule has 1 aromatic carbocycles. The van der Waals surface area contributed by atoms with Crippen molar-refractivity contribution in [2.75, 3.05) is 24.6 Å². The largest absolute Gasteiger partial charge is 0.450 e. The molecule has 0 N–H and O–H groups in total. The number of rotatable bonds is 3. The molecule has 34 heavy (non-hydrogen) atoms. The summed E-state index contributed by atoms with van der Waals surface area (Å²) < 4.78 is 7.48. The van der Waals surface area contributed by atoms with Crippen LogP contribution in [0.25, 0.3) is 5.69 Å². The molecule has 2 fully saturated rings. The van der Waals surface area contributed by atoms with Crippen LogP contribution in [0.3, 0.4) is 0 Å². The first kappa shape index (κ1) is 21.3. The Balaban J connectivity index is 1.29. The van der Waals surface area contributed by atoms with Gasteiger partial charge in [-0.25, -0.2) is 14.8 Å². The molecule has 6 rings (SSSR count). The third-order valence-electron chi connectivity index (χ3n) is 7.35. The van der Waals surface area contributed by atoms with Crippen LogP contribution in [0.5, 0.6) is 0 Å². The van der Waals surface area contributed by atoms with Crippen LogP contribution in [0, 0.1) is 5.41 Å². The summed E-state index contributed by atoms with van der Waals surface area (Å²) in [6, 6.07) is 7.48. The number of hydrogen-bond acceptors (Lipinski definition) is 7. The lowest BCUT2D eigenvalue weighted by Gasteiger charge is -2.59. The van der Waals surface area contributed by atoms with Crippen molar-refractivity contribution >= 4 is 23.5 Å². The van der Waals surface area contributed by atoms with Crippen LogP contribution in [-0.4, -0.2) is 55.4 Å². The number of amides is 1. The Morgan fingerprint density at radius 3 is 2.74 bits per heavy atom. The number of nitrogens with zero attached hydrogens (tertiary/aromatic N) is 7. The SMILES string of the molecule is CCOC(=O)N1Cc2cc(Cl)ccc2-n2c(C3CC4(C3)CN(c3ccncn3)C4)nnc2C1C. The van der Waals surface area contributed by atoms with Gasteiger partial charge in [0.2, 0.25) is 0 Å². The van der Waals surface area contributed by atoms with Crippen molar-refractivity contribution in [2.24, 2.45) is 5.41 Å². The highest BCUT2D eigenvalue weighted by Gasteiger charge is 2.54. The third kappa shape index (κ3) is 3.33. The number of hydrogen-bond donors (Lipinski definition) is 0. The molecule has 1 spiro atoms. The van der Waals surface area contributed by atoms with Gasteiger partial charge in [0, 0.05) is 35.6 Å². The van der Waals surface area contributed by atoms with Crippen molar-refractivity contribution in [3.05, 3.63) is 59.0 Å². The normalized spacial score (nSPS) is 20.7. The lowest BCUT2D eigenvalue weighted by atomic mass is 9.57. The van der Waals surface area contributed by atoms with E-state index in [1.165, 1.54) is 0 Å². The summed E-state index contributed by atoms with van der Waals surface area (Å²) >= 11 is 6.34. The second kappa shape index (κ2) is 7.94. The Kier molecular flexibility index (Phi) is 4.98. The zero-order valence-corrected chi connectivity index (χ0v) is 19.9. The van der Waals surface area contributed by atoms with Gasteiger partial charge < -0.3 is 9.64 Å². The van der Waals surface area contributed by atoms with E-state index in [9.17, 15) is 4.79 Å². The smallest absolute Gasteiger partial charge is 0.410 e. The Bertz CT molecular complexity index is 1230. The number of aromatic nitrogens is 5. The zero-order chi connectivity index (χ0) is 23.4. The summed E-state index contributed by atoms with van der Waals surface area (Å²) in [6.45, 7) is 6.51. The highest BCUT2D eigenvalue weighted by Crippen LogP contribution is 2.56. The van der Waals surface area contributed by atoms with Crippen molar-refractivity contribution in [1.29, 1.82) is 0 Å². The molecule has 10 heteroatoms. The molecule has 1 atom stereocenters. The summed E-state index contributed by atoms with van der Waals surface area (Å²) in [6.07, 6.45) is 5.14. The van der Waals surface area contributed by atoms with Gasteiger partial charge in [0.15, 0.2) is 5.82 Å². The van der Waals surface area contributed by atoms with E-state index in [1.54, 1.807) is 17.4 Å². The van der Waals surface area contributed by atoms with Crippen LogP contribution < -0.4 is 4.90 Å². The summed E-state index contributed by atoms with van der Waals surface area (Å²) in [5.74, 6) is 3.02. The minimum Gasteiger partial charge on any atom is -0.450 e. The van der Waals surface area contributed by atoms with E-state index in [1.807, 2.05) is 38.1 Å². The van der Waals surface area contributed by atoms with Gasteiger partial charge >= 0.3 is 6.09 Å². The van der Waals surface area contributed by atoms with Crippen molar-refractivity contribution < 1.29 is 9.53 Å². The Hall–Kier alpha value is -3.20. The fourth-order valence-corrected chi connectivity index (χ4v) is 5.90. The second-order valence-corrected chi connectivity index (χ2v) is 9.99. The highest BCUT2D eigenvalue weighted by molar-refractivity contribution is 6.30.